The van der Waals surface area contributed by atoms with E-state index < -0.39 is 10.0 Å². The number of nitrogens with zero attached hydrogens (tertiary/aromatic N) is 3. The Morgan fingerprint density at radius 2 is 1.85 bits per heavy atom. The molecular formula is C18H24N4O3S. The summed E-state index contributed by atoms with van der Waals surface area (Å²) in [6.45, 7) is 2.80. The zero-order valence-corrected chi connectivity index (χ0v) is 15.5. The molecule has 1 atom stereocenters. The van der Waals surface area contributed by atoms with E-state index in [-0.39, 0.29) is 16.8 Å². The first-order chi connectivity index (χ1) is 12.5. The van der Waals surface area contributed by atoms with Gasteiger partial charge in [-0.25, -0.2) is 0 Å². The van der Waals surface area contributed by atoms with Crippen LogP contribution in [0.3, 0.4) is 0 Å². The number of benzene rings is 1. The van der Waals surface area contributed by atoms with E-state index in [4.69, 9.17) is 0 Å². The number of sulfonamides is 1. The van der Waals surface area contributed by atoms with Crippen molar-refractivity contribution in [2.75, 3.05) is 31.5 Å². The Labute approximate surface area is 154 Å². The Bertz CT molecular complexity index is 831. The molecule has 26 heavy (non-hydrogen) atoms. The topological polar surface area (TPSA) is 82.1 Å². The molecule has 0 bridgehead atoms. The predicted octanol–water partition coefficient (Wildman–Crippen LogP) is 1.68. The first-order valence-electron chi connectivity index (χ1n) is 9.27. The number of piperidine rings is 1. The average Bonchev–Trinajstić information content (AvgIpc) is 3.16. The third-order valence-corrected chi connectivity index (χ3v) is 6.72. The molecule has 3 heterocycles. The summed E-state index contributed by atoms with van der Waals surface area (Å²) in [4.78, 5) is 17.1. The second-order valence-electron chi connectivity index (χ2n) is 7.15. The Hall–Kier alpha value is -1.93. The van der Waals surface area contributed by atoms with Gasteiger partial charge in [0.15, 0.2) is 0 Å². The number of amides is 1. The molecule has 3 aliphatic heterocycles. The maximum atomic E-state index is 12.9. The standard InChI is InChI=1S/C18H24N4O3S/c23-18(21-10-5-6-11-21)15-8-3-4-12-22(15)13-17-19-14-7-1-2-9-16(14)26(24,25)20-17/h1-2,7,9,15H,3-6,8,10-13H2,(H,19,20). The molecule has 8 heteroatoms. The summed E-state index contributed by atoms with van der Waals surface area (Å²) in [5, 5.41) is 3.13. The number of fused-ring (bicyclic) bond motifs is 1. The number of rotatable bonds is 3. The van der Waals surface area contributed by atoms with Crippen molar-refractivity contribution in [1.29, 1.82) is 0 Å². The number of nitrogens with one attached hydrogen (secondary N) is 1. The minimum Gasteiger partial charge on any atom is -0.341 e. The van der Waals surface area contributed by atoms with Crippen LogP contribution in [0.15, 0.2) is 33.6 Å². The Morgan fingerprint density at radius 3 is 2.65 bits per heavy atom. The molecule has 1 amide bonds. The Balaban J connectivity index is 1.53. The minimum absolute atomic E-state index is 0.175. The lowest BCUT2D eigenvalue weighted by atomic mass is 10.0. The van der Waals surface area contributed by atoms with Gasteiger partial charge in [0, 0.05) is 13.1 Å². The molecule has 1 aromatic rings. The van der Waals surface area contributed by atoms with Crippen LogP contribution in [0.1, 0.15) is 32.1 Å². The number of amidine groups is 1. The second kappa shape index (κ2) is 7.00. The molecule has 0 radical (unpaired) electrons. The molecular weight excluding hydrogens is 352 g/mol. The van der Waals surface area contributed by atoms with Crippen molar-refractivity contribution in [2.45, 2.75) is 43.0 Å². The summed E-state index contributed by atoms with van der Waals surface area (Å²) in [6, 6.07) is 6.60. The van der Waals surface area contributed by atoms with Crippen molar-refractivity contribution in [3.05, 3.63) is 24.3 Å². The molecule has 7 nitrogen and oxygen atoms in total. The lowest BCUT2D eigenvalue weighted by Crippen LogP contribution is -2.52. The quantitative estimate of drug-likeness (QED) is 0.868. The van der Waals surface area contributed by atoms with E-state index in [1.165, 1.54) is 0 Å². The second-order valence-corrected chi connectivity index (χ2v) is 8.72. The van der Waals surface area contributed by atoms with Gasteiger partial charge in [-0.05, 0) is 44.4 Å². The summed E-state index contributed by atoms with van der Waals surface area (Å²) in [5.41, 5.74) is 0.553. The normalized spacial score (nSPS) is 25.3. The van der Waals surface area contributed by atoms with Crippen molar-refractivity contribution in [2.24, 2.45) is 4.40 Å². The first-order valence-corrected chi connectivity index (χ1v) is 10.7. The number of carbonyl (C=O) groups excluding carboxylic acids is 1. The molecule has 2 fully saturated rings. The van der Waals surface area contributed by atoms with E-state index in [9.17, 15) is 13.2 Å². The van der Waals surface area contributed by atoms with Crippen LogP contribution in [0.5, 0.6) is 0 Å². The van der Waals surface area contributed by atoms with Gasteiger partial charge in [0.25, 0.3) is 10.0 Å². The largest absolute Gasteiger partial charge is 0.341 e. The molecule has 0 spiro atoms. The van der Waals surface area contributed by atoms with Gasteiger partial charge in [0.05, 0.1) is 18.3 Å². The summed E-state index contributed by atoms with van der Waals surface area (Å²) in [5.74, 6) is 0.576. The molecule has 0 aromatic heterocycles. The number of para-hydroxylation sites is 1. The van der Waals surface area contributed by atoms with Gasteiger partial charge in [0.2, 0.25) is 5.91 Å². The number of hydrogen-bond acceptors (Lipinski definition) is 5. The lowest BCUT2D eigenvalue weighted by Gasteiger charge is -2.37. The van der Waals surface area contributed by atoms with Crippen molar-refractivity contribution in [3.63, 3.8) is 0 Å². The van der Waals surface area contributed by atoms with Crippen LogP contribution in [0.2, 0.25) is 0 Å². The van der Waals surface area contributed by atoms with Gasteiger partial charge in [-0.15, -0.1) is 4.40 Å². The number of carbonyl (C=O) groups is 1. The van der Waals surface area contributed by atoms with Crippen LogP contribution < -0.4 is 5.32 Å². The molecule has 1 N–H and O–H groups in total. The van der Waals surface area contributed by atoms with Gasteiger partial charge < -0.3 is 10.2 Å². The Kier molecular flexibility index (Phi) is 4.71. The fourth-order valence-corrected chi connectivity index (χ4v) is 5.18. The van der Waals surface area contributed by atoms with Crippen molar-refractivity contribution < 1.29 is 13.2 Å². The fraction of sp³-hybridized carbons (Fsp3) is 0.556. The minimum atomic E-state index is -3.69. The number of hydrogen-bond donors (Lipinski definition) is 1. The average molecular weight is 376 g/mol. The van der Waals surface area contributed by atoms with Crippen molar-refractivity contribution >= 4 is 27.5 Å². The molecule has 1 aromatic carbocycles. The van der Waals surface area contributed by atoms with E-state index in [0.717, 1.165) is 51.7 Å². The zero-order valence-electron chi connectivity index (χ0n) is 14.7. The van der Waals surface area contributed by atoms with E-state index in [0.29, 0.717) is 18.1 Å². The summed E-state index contributed by atoms with van der Waals surface area (Å²) >= 11 is 0. The Morgan fingerprint density at radius 1 is 1.12 bits per heavy atom. The third kappa shape index (κ3) is 3.35. The maximum Gasteiger partial charge on any atom is 0.286 e. The van der Waals surface area contributed by atoms with Gasteiger partial charge in [-0.2, -0.15) is 8.42 Å². The molecule has 140 valence electrons. The van der Waals surface area contributed by atoms with Gasteiger partial charge >= 0.3 is 0 Å². The highest BCUT2D eigenvalue weighted by Crippen LogP contribution is 2.28. The number of anilines is 1. The smallest absolute Gasteiger partial charge is 0.286 e. The molecule has 1 unspecified atom stereocenters. The first kappa shape index (κ1) is 17.5. The molecule has 0 aliphatic carbocycles. The summed E-state index contributed by atoms with van der Waals surface area (Å²) in [6.07, 6.45) is 5.01. The van der Waals surface area contributed by atoms with Crippen LogP contribution in [-0.2, 0) is 14.8 Å². The van der Waals surface area contributed by atoms with Crippen molar-refractivity contribution in [3.8, 4) is 0 Å². The van der Waals surface area contributed by atoms with E-state index in [1.807, 2.05) is 4.90 Å². The lowest BCUT2D eigenvalue weighted by molar-refractivity contribution is -0.136. The van der Waals surface area contributed by atoms with Crippen LogP contribution in [0.4, 0.5) is 5.69 Å². The monoisotopic (exact) mass is 376 g/mol. The predicted molar refractivity (Wildman–Crippen MR) is 99.7 cm³/mol. The summed E-state index contributed by atoms with van der Waals surface area (Å²) < 4.78 is 28.8. The summed E-state index contributed by atoms with van der Waals surface area (Å²) in [7, 11) is -3.69. The highest BCUT2D eigenvalue weighted by molar-refractivity contribution is 7.90. The van der Waals surface area contributed by atoms with Gasteiger partial charge in [-0.1, -0.05) is 18.6 Å². The highest BCUT2D eigenvalue weighted by atomic mass is 32.2. The molecule has 4 rings (SSSR count). The fourth-order valence-electron chi connectivity index (χ4n) is 4.04. The zero-order chi connectivity index (χ0) is 18.1. The van der Waals surface area contributed by atoms with Crippen LogP contribution in [0.25, 0.3) is 0 Å². The van der Waals surface area contributed by atoms with Crippen LogP contribution in [0, 0.1) is 0 Å². The maximum absolute atomic E-state index is 12.9. The van der Waals surface area contributed by atoms with Gasteiger partial charge in [0.1, 0.15) is 10.7 Å². The van der Waals surface area contributed by atoms with Crippen LogP contribution in [-0.4, -0.2) is 62.2 Å². The van der Waals surface area contributed by atoms with E-state index in [2.05, 4.69) is 14.6 Å². The van der Waals surface area contributed by atoms with E-state index >= 15 is 0 Å². The molecule has 2 saturated heterocycles. The third-order valence-electron chi connectivity index (χ3n) is 5.34. The van der Waals surface area contributed by atoms with Crippen molar-refractivity contribution in [1.82, 2.24) is 9.80 Å². The number of likely N-dealkylation sites (tertiary alicyclic amines) is 2. The molecule has 3 aliphatic rings. The van der Waals surface area contributed by atoms with E-state index in [1.54, 1.807) is 24.3 Å². The molecule has 0 saturated carbocycles. The SMILES string of the molecule is O=C(C1CCCCN1CC1=NS(=O)(=O)c2ccccc2N1)N1CCCC1. The highest BCUT2D eigenvalue weighted by Gasteiger charge is 2.34. The van der Waals surface area contributed by atoms with Crippen LogP contribution >= 0.6 is 0 Å². The van der Waals surface area contributed by atoms with Gasteiger partial charge in [-0.3, -0.25) is 9.69 Å².